The van der Waals surface area contributed by atoms with Gasteiger partial charge in [-0.2, -0.15) is 0 Å². The Morgan fingerprint density at radius 2 is 1.77 bits per heavy atom. The van der Waals surface area contributed by atoms with E-state index < -0.39 is 0 Å². The van der Waals surface area contributed by atoms with Gasteiger partial charge in [0.2, 0.25) is 5.95 Å². The zero-order chi connectivity index (χ0) is 18.1. The van der Waals surface area contributed by atoms with Gasteiger partial charge < -0.3 is 15.1 Å². The van der Waals surface area contributed by atoms with E-state index in [9.17, 15) is 4.79 Å². The zero-order valence-electron chi connectivity index (χ0n) is 15.4. The van der Waals surface area contributed by atoms with Crippen LogP contribution in [0.25, 0.3) is 0 Å². The van der Waals surface area contributed by atoms with Crippen LogP contribution in [0.15, 0.2) is 30.3 Å². The summed E-state index contributed by atoms with van der Waals surface area (Å²) in [6, 6.07) is 10.7. The molecule has 1 aliphatic heterocycles. The first kappa shape index (κ1) is 16.8. The van der Waals surface area contributed by atoms with Crippen molar-refractivity contribution in [1.29, 1.82) is 0 Å². The first-order valence-electron chi connectivity index (χ1n) is 9.31. The number of aromatic nitrogens is 2. The number of anilines is 2. The minimum absolute atomic E-state index is 0.0855. The second-order valence-corrected chi connectivity index (χ2v) is 7.26. The van der Waals surface area contributed by atoms with Crippen LogP contribution in [0.1, 0.15) is 34.6 Å². The van der Waals surface area contributed by atoms with Crippen molar-refractivity contribution < 1.29 is 4.79 Å². The Hall–Kier alpha value is -2.63. The maximum Gasteiger partial charge on any atom is 0.270 e. The van der Waals surface area contributed by atoms with Crippen LogP contribution in [0.3, 0.4) is 0 Å². The van der Waals surface area contributed by atoms with Crippen LogP contribution in [0, 0.1) is 13.8 Å². The molecule has 0 unspecified atom stereocenters. The van der Waals surface area contributed by atoms with Crippen molar-refractivity contribution >= 4 is 17.5 Å². The van der Waals surface area contributed by atoms with E-state index in [-0.39, 0.29) is 5.91 Å². The van der Waals surface area contributed by atoms with Gasteiger partial charge in [-0.1, -0.05) is 12.1 Å². The topological polar surface area (TPSA) is 61.4 Å². The lowest BCUT2D eigenvalue weighted by Gasteiger charge is -2.36. The molecule has 1 saturated carbocycles. The Kier molecular flexibility index (Phi) is 4.49. The van der Waals surface area contributed by atoms with E-state index in [1.807, 2.05) is 6.92 Å². The van der Waals surface area contributed by atoms with Gasteiger partial charge in [-0.3, -0.25) is 4.79 Å². The summed E-state index contributed by atoms with van der Waals surface area (Å²) in [7, 11) is 0. The molecule has 1 aromatic carbocycles. The molecule has 6 heteroatoms. The Labute approximate surface area is 154 Å². The van der Waals surface area contributed by atoms with Crippen LogP contribution < -0.4 is 15.1 Å². The van der Waals surface area contributed by atoms with Crippen LogP contribution in [0.4, 0.5) is 11.6 Å². The number of aryl methyl sites for hydroxylation is 2. The van der Waals surface area contributed by atoms with E-state index in [2.05, 4.69) is 56.3 Å². The molecule has 1 N–H and O–H groups in total. The van der Waals surface area contributed by atoms with Crippen LogP contribution in [-0.4, -0.2) is 48.1 Å². The smallest absolute Gasteiger partial charge is 0.270 e. The number of carbonyl (C=O) groups excluding carboxylic acids is 1. The van der Waals surface area contributed by atoms with Gasteiger partial charge in [-0.25, -0.2) is 9.97 Å². The zero-order valence-corrected chi connectivity index (χ0v) is 15.4. The fourth-order valence-electron chi connectivity index (χ4n) is 3.29. The van der Waals surface area contributed by atoms with Gasteiger partial charge in [0, 0.05) is 43.6 Å². The number of piperazine rings is 1. The highest BCUT2D eigenvalue weighted by molar-refractivity contribution is 5.93. The molecule has 4 rings (SSSR count). The minimum atomic E-state index is -0.0855. The molecule has 2 fully saturated rings. The fraction of sp³-hybridized carbons (Fsp3) is 0.450. The molecule has 2 aliphatic rings. The van der Waals surface area contributed by atoms with Crippen molar-refractivity contribution in [3.63, 3.8) is 0 Å². The SMILES string of the molecule is Cc1cccc(N2CCN(c3nc(C)cc(C(=O)NC4CC4)n3)CC2)c1. The maximum absolute atomic E-state index is 12.3. The molecule has 0 radical (unpaired) electrons. The first-order chi connectivity index (χ1) is 12.6. The van der Waals surface area contributed by atoms with Gasteiger partial charge in [-0.15, -0.1) is 0 Å². The van der Waals surface area contributed by atoms with Gasteiger partial charge in [0.25, 0.3) is 5.91 Å². The van der Waals surface area contributed by atoms with Crippen molar-refractivity contribution in [2.24, 2.45) is 0 Å². The molecular weight excluding hydrogens is 326 g/mol. The van der Waals surface area contributed by atoms with Gasteiger partial charge in [0.15, 0.2) is 0 Å². The second kappa shape index (κ2) is 6.94. The molecule has 6 nitrogen and oxygen atoms in total. The number of carbonyl (C=O) groups is 1. The maximum atomic E-state index is 12.3. The van der Waals surface area contributed by atoms with Gasteiger partial charge in [-0.05, 0) is 50.5 Å². The predicted octanol–water partition coefficient (Wildman–Crippen LogP) is 2.31. The van der Waals surface area contributed by atoms with E-state index in [4.69, 9.17) is 0 Å². The summed E-state index contributed by atoms with van der Waals surface area (Å²) in [6.07, 6.45) is 2.15. The third-order valence-corrected chi connectivity index (χ3v) is 4.92. The third kappa shape index (κ3) is 3.79. The molecule has 2 aromatic rings. The lowest BCUT2D eigenvalue weighted by molar-refractivity contribution is 0.0946. The molecule has 136 valence electrons. The number of amides is 1. The largest absolute Gasteiger partial charge is 0.368 e. The Morgan fingerprint density at radius 1 is 1.04 bits per heavy atom. The molecule has 1 aromatic heterocycles. The molecule has 26 heavy (non-hydrogen) atoms. The predicted molar refractivity (Wildman–Crippen MR) is 103 cm³/mol. The summed E-state index contributed by atoms with van der Waals surface area (Å²) in [5.74, 6) is 0.576. The van der Waals surface area contributed by atoms with Crippen molar-refractivity contribution in [2.75, 3.05) is 36.0 Å². The average molecular weight is 351 g/mol. The van der Waals surface area contributed by atoms with Crippen LogP contribution in [-0.2, 0) is 0 Å². The fourth-order valence-corrected chi connectivity index (χ4v) is 3.29. The summed E-state index contributed by atoms with van der Waals surface area (Å²) in [5, 5.41) is 3.01. The Bertz CT molecular complexity index is 810. The van der Waals surface area contributed by atoms with E-state index in [0.717, 1.165) is 44.7 Å². The summed E-state index contributed by atoms with van der Waals surface area (Å²) >= 11 is 0. The van der Waals surface area contributed by atoms with E-state index in [1.165, 1.54) is 11.3 Å². The lowest BCUT2D eigenvalue weighted by Crippen LogP contribution is -2.47. The molecule has 0 bridgehead atoms. The third-order valence-electron chi connectivity index (χ3n) is 4.92. The van der Waals surface area contributed by atoms with Crippen molar-refractivity contribution in [1.82, 2.24) is 15.3 Å². The summed E-state index contributed by atoms with van der Waals surface area (Å²) in [5.41, 5.74) is 3.84. The Balaban J connectivity index is 1.45. The molecule has 0 atom stereocenters. The minimum Gasteiger partial charge on any atom is -0.368 e. The van der Waals surface area contributed by atoms with E-state index in [0.29, 0.717) is 17.7 Å². The molecule has 2 heterocycles. The van der Waals surface area contributed by atoms with Gasteiger partial charge in [0.05, 0.1) is 0 Å². The number of benzene rings is 1. The van der Waals surface area contributed by atoms with Gasteiger partial charge in [0.1, 0.15) is 5.69 Å². The Morgan fingerprint density at radius 3 is 2.46 bits per heavy atom. The summed E-state index contributed by atoms with van der Waals surface area (Å²) in [4.78, 5) is 26.0. The number of nitrogens with one attached hydrogen (secondary N) is 1. The highest BCUT2D eigenvalue weighted by Gasteiger charge is 2.26. The summed E-state index contributed by atoms with van der Waals surface area (Å²) in [6.45, 7) is 7.58. The lowest BCUT2D eigenvalue weighted by atomic mass is 10.2. The summed E-state index contributed by atoms with van der Waals surface area (Å²) < 4.78 is 0. The van der Waals surface area contributed by atoms with E-state index in [1.54, 1.807) is 6.07 Å². The van der Waals surface area contributed by atoms with Crippen LogP contribution in [0.5, 0.6) is 0 Å². The standard InChI is InChI=1S/C20H25N5O/c1-14-4-3-5-17(12-14)24-8-10-25(11-9-24)20-21-15(2)13-18(23-20)19(26)22-16-6-7-16/h3-5,12-13,16H,6-11H2,1-2H3,(H,22,26). The van der Waals surface area contributed by atoms with Gasteiger partial charge >= 0.3 is 0 Å². The quantitative estimate of drug-likeness (QED) is 0.916. The van der Waals surface area contributed by atoms with Crippen molar-refractivity contribution in [2.45, 2.75) is 32.7 Å². The number of nitrogens with zero attached hydrogens (tertiary/aromatic N) is 4. The van der Waals surface area contributed by atoms with Crippen LogP contribution >= 0.6 is 0 Å². The molecule has 0 spiro atoms. The number of hydrogen-bond acceptors (Lipinski definition) is 5. The average Bonchev–Trinajstić information content (AvgIpc) is 3.45. The van der Waals surface area contributed by atoms with Crippen LogP contribution in [0.2, 0.25) is 0 Å². The molecule has 1 saturated heterocycles. The molecule has 1 amide bonds. The molecule has 1 aliphatic carbocycles. The number of hydrogen-bond donors (Lipinski definition) is 1. The second-order valence-electron chi connectivity index (χ2n) is 7.26. The van der Waals surface area contributed by atoms with Crippen molar-refractivity contribution in [3.8, 4) is 0 Å². The molecular formula is C20H25N5O. The highest BCUT2D eigenvalue weighted by Crippen LogP contribution is 2.21. The number of rotatable bonds is 4. The van der Waals surface area contributed by atoms with Crippen molar-refractivity contribution in [3.05, 3.63) is 47.3 Å². The normalized spacial score (nSPS) is 17.3. The highest BCUT2D eigenvalue weighted by atomic mass is 16.2. The monoisotopic (exact) mass is 351 g/mol. The van der Waals surface area contributed by atoms with E-state index >= 15 is 0 Å². The first-order valence-corrected chi connectivity index (χ1v) is 9.31.